The van der Waals surface area contributed by atoms with Crippen LogP contribution in [0.3, 0.4) is 0 Å². The maximum Gasteiger partial charge on any atom is 0.142 e. The first-order chi connectivity index (χ1) is 6.20. The first kappa shape index (κ1) is 9.16. The van der Waals surface area contributed by atoms with E-state index in [0.717, 1.165) is 24.1 Å². The van der Waals surface area contributed by atoms with E-state index in [0.29, 0.717) is 4.47 Å². The summed E-state index contributed by atoms with van der Waals surface area (Å²) in [6, 6.07) is 3.91. The largest absolute Gasteiger partial charge is 0.310 e. The molecule has 1 N–H and O–H groups in total. The van der Waals surface area contributed by atoms with Crippen LogP contribution in [-0.4, -0.2) is 6.54 Å². The number of nitrogens with one attached hydrogen (secondary N) is 1. The van der Waals surface area contributed by atoms with Gasteiger partial charge in [0.25, 0.3) is 0 Å². The number of fused-ring (bicyclic) bond motifs is 1. The molecular weight excluding hydrogens is 233 g/mol. The molecule has 1 unspecified atom stereocenters. The highest BCUT2D eigenvalue weighted by Crippen LogP contribution is 2.29. The highest BCUT2D eigenvalue weighted by molar-refractivity contribution is 9.10. The molecule has 1 aromatic carbocycles. The van der Waals surface area contributed by atoms with Gasteiger partial charge in [-0.3, -0.25) is 0 Å². The fourth-order valence-electron chi connectivity index (χ4n) is 1.82. The van der Waals surface area contributed by atoms with E-state index in [1.54, 1.807) is 6.07 Å². The van der Waals surface area contributed by atoms with Crippen molar-refractivity contribution in [2.24, 2.45) is 0 Å². The van der Waals surface area contributed by atoms with Crippen LogP contribution in [-0.2, 0) is 6.42 Å². The fourth-order valence-corrected chi connectivity index (χ4v) is 2.16. The minimum atomic E-state index is -0.114. The highest BCUT2D eigenvalue weighted by Gasteiger charge is 2.20. The molecule has 0 fully saturated rings. The van der Waals surface area contributed by atoms with Crippen molar-refractivity contribution in [2.45, 2.75) is 19.4 Å². The first-order valence-electron chi connectivity index (χ1n) is 4.40. The van der Waals surface area contributed by atoms with Gasteiger partial charge in [0.15, 0.2) is 0 Å². The van der Waals surface area contributed by atoms with Gasteiger partial charge in [-0.1, -0.05) is 6.07 Å². The third-order valence-corrected chi connectivity index (χ3v) is 3.11. The third kappa shape index (κ3) is 1.51. The average molecular weight is 244 g/mol. The van der Waals surface area contributed by atoms with Crippen molar-refractivity contribution in [3.05, 3.63) is 33.5 Å². The van der Waals surface area contributed by atoms with Crippen molar-refractivity contribution >= 4 is 15.9 Å². The summed E-state index contributed by atoms with van der Waals surface area (Å²) in [7, 11) is 0. The molecule has 0 radical (unpaired) electrons. The Morgan fingerprint density at radius 2 is 2.31 bits per heavy atom. The molecular formula is C10H11BrFN. The smallest absolute Gasteiger partial charge is 0.142 e. The predicted molar refractivity (Wildman–Crippen MR) is 54.2 cm³/mol. The summed E-state index contributed by atoms with van der Waals surface area (Å²) in [5.41, 5.74) is 1.95. The third-order valence-electron chi connectivity index (χ3n) is 2.50. The van der Waals surface area contributed by atoms with Gasteiger partial charge >= 0.3 is 0 Å². The lowest BCUT2D eigenvalue weighted by Crippen LogP contribution is -2.28. The SMILES string of the molecule is CC1NCCc2ccc(Br)c(F)c21. The van der Waals surface area contributed by atoms with E-state index in [4.69, 9.17) is 0 Å². The van der Waals surface area contributed by atoms with E-state index in [1.807, 2.05) is 13.0 Å². The van der Waals surface area contributed by atoms with Gasteiger partial charge in [0.05, 0.1) is 4.47 Å². The molecule has 0 saturated heterocycles. The Morgan fingerprint density at radius 1 is 1.54 bits per heavy atom. The van der Waals surface area contributed by atoms with Crippen LogP contribution in [0.25, 0.3) is 0 Å². The highest BCUT2D eigenvalue weighted by atomic mass is 79.9. The van der Waals surface area contributed by atoms with Crippen molar-refractivity contribution in [3.63, 3.8) is 0 Å². The maximum atomic E-state index is 13.6. The lowest BCUT2D eigenvalue weighted by Gasteiger charge is -2.24. The average Bonchev–Trinajstić information content (AvgIpc) is 2.12. The van der Waals surface area contributed by atoms with Gasteiger partial charge in [0.2, 0.25) is 0 Å². The van der Waals surface area contributed by atoms with Gasteiger partial charge in [-0.2, -0.15) is 0 Å². The van der Waals surface area contributed by atoms with E-state index in [9.17, 15) is 4.39 Å². The van der Waals surface area contributed by atoms with E-state index >= 15 is 0 Å². The van der Waals surface area contributed by atoms with Gasteiger partial charge < -0.3 is 5.32 Å². The molecule has 0 amide bonds. The van der Waals surface area contributed by atoms with Crippen LogP contribution in [0.5, 0.6) is 0 Å². The summed E-state index contributed by atoms with van der Waals surface area (Å²) in [4.78, 5) is 0. The molecule has 0 aromatic heterocycles. The van der Waals surface area contributed by atoms with E-state index in [2.05, 4.69) is 21.2 Å². The first-order valence-corrected chi connectivity index (χ1v) is 5.19. The van der Waals surface area contributed by atoms with Gasteiger partial charge in [-0.15, -0.1) is 0 Å². The minimum absolute atomic E-state index is 0.114. The van der Waals surface area contributed by atoms with Crippen molar-refractivity contribution in [3.8, 4) is 0 Å². The zero-order chi connectivity index (χ0) is 9.42. The van der Waals surface area contributed by atoms with Crippen molar-refractivity contribution < 1.29 is 4.39 Å². The zero-order valence-electron chi connectivity index (χ0n) is 7.40. The quantitative estimate of drug-likeness (QED) is 0.739. The minimum Gasteiger partial charge on any atom is -0.310 e. The Labute approximate surface area is 85.5 Å². The molecule has 0 bridgehead atoms. The van der Waals surface area contributed by atoms with E-state index < -0.39 is 0 Å². The summed E-state index contributed by atoms with van der Waals surface area (Å²) in [6.07, 6.45) is 0.921. The Morgan fingerprint density at radius 3 is 3.08 bits per heavy atom. The van der Waals surface area contributed by atoms with Crippen LogP contribution in [0.4, 0.5) is 4.39 Å². The normalized spacial score (nSPS) is 21.3. The molecule has 2 rings (SSSR count). The Bertz CT molecular complexity index is 338. The molecule has 70 valence electrons. The predicted octanol–water partition coefficient (Wildman–Crippen LogP) is 2.79. The lowest BCUT2D eigenvalue weighted by molar-refractivity contribution is 0.497. The molecule has 0 spiro atoms. The number of benzene rings is 1. The summed E-state index contributed by atoms with van der Waals surface area (Å²) >= 11 is 3.20. The van der Waals surface area contributed by atoms with E-state index in [1.165, 1.54) is 0 Å². The molecule has 1 atom stereocenters. The molecule has 1 aliphatic rings. The molecule has 1 nitrogen and oxygen atoms in total. The topological polar surface area (TPSA) is 12.0 Å². The standard InChI is InChI=1S/C10H11BrFN/c1-6-9-7(4-5-13-6)2-3-8(11)10(9)12/h2-3,6,13H,4-5H2,1H3. The maximum absolute atomic E-state index is 13.6. The number of hydrogen-bond donors (Lipinski definition) is 1. The van der Waals surface area contributed by atoms with Gasteiger partial charge in [0, 0.05) is 11.6 Å². The molecule has 13 heavy (non-hydrogen) atoms. The van der Waals surface area contributed by atoms with Crippen LogP contribution in [0.2, 0.25) is 0 Å². The lowest BCUT2D eigenvalue weighted by atomic mass is 9.95. The Kier molecular flexibility index (Phi) is 2.39. The Hall–Kier alpha value is -0.410. The summed E-state index contributed by atoms with van der Waals surface area (Å²) in [6.45, 7) is 2.93. The second-order valence-electron chi connectivity index (χ2n) is 3.36. The van der Waals surface area contributed by atoms with Crippen molar-refractivity contribution in [2.75, 3.05) is 6.54 Å². The van der Waals surface area contributed by atoms with Gasteiger partial charge in [0.1, 0.15) is 5.82 Å². The fraction of sp³-hybridized carbons (Fsp3) is 0.400. The molecule has 0 aliphatic carbocycles. The van der Waals surface area contributed by atoms with Crippen LogP contribution in [0, 0.1) is 5.82 Å². The molecule has 1 aliphatic heterocycles. The molecule has 0 saturated carbocycles. The van der Waals surface area contributed by atoms with Crippen LogP contribution >= 0.6 is 15.9 Å². The monoisotopic (exact) mass is 243 g/mol. The summed E-state index contributed by atoms with van der Waals surface area (Å²) in [5.74, 6) is -0.114. The molecule has 1 heterocycles. The van der Waals surface area contributed by atoms with Gasteiger partial charge in [-0.25, -0.2) is 4.39 Å². The second-order valence-corrected chi connectivity index (χ2v) is 4.21. The second kappa shape index (κ2) is 3.39. The van der Waals surface area contributed by atoms with Crippen molar-refractivity contribution in [1.82, 2.24) is 5.32 Å². The molecule has 3 heteroatoms. The zero-order valence-corrected chi connectivity index (χ0v) is 8.99. The summed E-state index contributed by atoms with van der Waals surface area (Å²) in [5, 5.41) is 3.25. The number of halogens is 2. The number of hydrogen-bond acceptors (Lipinski definition) is 1. The van der Waals surface area contributed by atoms with Crippen LogP contribution in [0.1, 0.15) is 24.1 Å². The van der Waals surface area contributed by atoms with Crippen LogP contribution in [0.15, 0.2) is 16.6 Å². The van der Waals surface area contributed by atoms with Crippen LogP contribution < -0.4 is 5.32 Å². The van der Waals surface area contributed by atoms with Gasteiger partial charge in [-0.05, 0) is 47.4 Å². The summed E-state index contributed by atoms with van der Waals surface area (Å²) < 4.78 is 14.2. The van der Waals surface area contributed by atoms with E-state index in [-0.39, 0.29) is 11.9 Å². The molecule has 1 aromatic rings. The van der Waals surface area contributed by atoms with Crippen molar-refractivity contribution in [1.29, 1.82) is 0 Å². The number of rotatable bonds is 0. The Balaban J connectivity index is 2.58.